The lowest BCUT2D eigenvalue weighted by Gasteiger charge is -2.34. The van der Waals surface area contributed by atoms with Crippen molar-refractivity contribution in [3.63, 3.8) is 0 Å². The zero-order valence-corrected chi connectivity index (χ0v) is 15.2. The second kappa shape index (κ2) is 6.78. The van der Waals surface area contributed by atoms with E-state index in [9.17, 15) is 4.79 Å². The number of hydrogen-bond acceptors (Lipinski definition) is 3. The molecule has 3 aromatic heterocycles. The summed E-state index contributed by atoms with van der Waals surface area (Å²) in [6.07, 6.45) is 9.44. The fourth-order valence-corrected chi connectivity index (χ4v) is 3.82. The number of hydrogen-bond donors (Lipinski definition) is 0. The number of carbonyl (C=O) groups excluding carboxylic acids is 1. The topological polar surface area (TPSA) is 56.0 Å². The molecule has 0 radical (unpaired) electrons. The standard InChI is InChI=1S/C20H23N5O/c1-15-13-22-19(16-7-9-21-10-8-16)25(15)17-5-3-12-24(14-17)20(26)18-6-4-11-23(18)2/h4,6-11,13,17H,3,5,12,14H2,1-2H3. The molecule has 134 valence electrons. The van der Waals surface area contributed by atoms with E-state index < -0.39 is 0 Å². The van der Waals surface area contributed by atoms with Crippen LogP contribution < -0.4 is 0 Å². The molecule has 0 bridgehead atoms. The molecule has 0 aromatic carbocycles. The molecule has 4 rings (SSSR count). The van der Waals surface area contributed by atoms with Crippen LogP contribution >= 0.6 is 0 Å². The first kappa shape index (κ1) is 16.6. The van der Waals surface area contributed by atoms with Crippen molar-refractivity contribution in [2.45, 2.75) is 25.8 Å². The largest absolute Gasteiger partial charge is 0.347 e. The third-order valence-corrected chi connectivity index (χ3v) is 5.13. The second-order valence-corrected chi connectivity index (χ2v) is 6.88. The minimum atomic E-state index is 0.102. The predicted molar refractivity (Wildman–Crippen MR) is 99.8 cm³/mol. The molecule has 6 nitrogen and oxygen atoms in total. The average molecular weight is 349 g/mol. The molecular weight excluding hydrogens is 326 g/mol. The van der Waals surface area contributed by atoms with Crippen LogP contribution in [0.1, 0.15) is 35.1 Å². The van der Waals surface area contributed by atoms with E-state index in [0.29, 0.717) is 6.54 Å². The number of amides is 1. The maximum absolute atomic E-state index is 12.9. The number of pyridine rings is 1. The van der Waals surface area contributed by atoms with Crippen LogP contribution in [0.5, 0.6) is 0 Å². The zero-order chi connectivity index (χ0) is 18.1. The van der Waals surface area contributed by atoms with Gasteiger partial charge < -0.3 is 14.0 Å². The van der Waals surface area contributed by atoms with Gasteiger partial charge >= 0.3 is 0 Å². The van der Waals surface area contributed by atoms with Crippen molar-refractivity contribution in [2.75, 3.05) is 13.1 Å². The number of nitrogens with zero attached hydrogens (tertiary/aromatic N) is 5. The first-order chi connectivity index (χ1) is 12.6. The van der Waals surface area contributed by atoms with Gasteiger partial charge in [-0.15, -0.1) is 0 Å². The lowest BCUT2D eigenvalue weighted by atomic mass is 10.0. The molecule has 1 aliphatic heterocycles. The highest BCUT2D eigenvalue weighted by Gasteiger charge is 2.28. The highest BCUT2D eigenvalue weighted by atomic mass is 16.2. The highest BCUT2D eigenvalue weighted by molar-refractivity contribution is 5.92. The van der Waals surface area contributed by atoms with Gasteiger partial charge in [-0.25, -0.2) is 4.98 Å². The molecule has 3 aromatic rings. The number of imidazole rings is 1. The maximum atomic E-state index is 12.9. The summed E-state index contributed by atoms with van der Waals surface area (Å²) in [7, 11) is 1.91. The van der Waals surface area contributed by atoms with Crippen molar-refractivity contribution >= 4 is 5.91 Å². The molecule has 4 heterocycles. The van der Waals surface area contributed by atoms with Gasteiger partial charge in [-0.3, -0.25) is 9.78 Å². The van der Waals surface area contributed by atoms with Crippen molar-refractivity contribution in [1.82, 2.24) is 24.0 Å². The van der Waals surface area contributed by atoms with E-state index in [4.69, 9.17) is 0 Å². The first-order valence-corrected chi connectivity index (χ1v) is 9.00. The van der Waals surface area contributed by atoms with Gasteiger partial charge in [0.2, 0.25) is 0 Å². The summed E-state index contributed by atoms with van der Waals surface area (Å²) in [5.41, 5.74) is 2.91. The van der Waals surface area contributed by atoms with Gasteiger partial charge in [-0.05, 0) is 44.0 Å². The van der Waals surface area contributed by atoms with Gasteiger partial charge in [0.25, 0.3) is 5.91 Å². The van der Waals surface area contributed by atoms with Crippen LogP contribution in [0.2, 0.25) is 0 Å². The van der Waals surface area contributed by atoms with Crippen LogP contribution in [0.25, 0.3) is 11.4 Å². The minimum Gasteiger partial charge on any atom is -0.347 e. The second-order valence-electron chi connectivity index (χ2n) is 6.88. The van der Waals surface area contributed by atoms with Gasteiger partial charge in [0.1, 0.15) is 11.5 Å². The fourth-order valence-electron chi connectivity index (χ4n) is 3.82. The summed E-state index contributed by atoms with van der Waals surface area (Å²) in [6, 6.07) is 7.99. The molecule has 26 heavy (non-hydrogen) atoms. The quantitative estimate of drug-likeness (QED) is 0.730. The Morgan fingerprint density at radius 3 is 2.77 bits per heavy atom. The first-order valence-electron chi connectivity index (χ1n) is 9.00. The molecule has 6 heteroatoms. The number of piperidine rings is 1. The van der Waals surface area contributed by atoms with E-state index in [1.165, 1.54) is 0 Å². The monoisotopic (exact) mass is 349 g/mol. The van der Waals surface area contributed by atoms with Crippen molar-refractivity contribution in [3.05, 3.63) is 60.4 Å². The van der Waals surface area contributed by atoms with E-state index >= 15 is 0 Å². The number of likely N-dealkylation sites (tertiary alicyclic amines) is 1. The predicted octanol–water partition coefficient (Wildman–Crippen LogP) is 3.07. The number of carbonyl (C=O) groups is 1. The lowest BCUT2D eigenvalue weighted by Crippen LogP contribution is -2.41. The smallest absolute Gasteiger partial charge is 0.270 e. The SMILES string of the molecule is Cc1cnc(-c2ccncc2)n1C1CCCN(C(=O)c2cccn2C)C1. The Bertz CT molecular complexity index is 911. The molecule has 0 aliphatic carbocycles. The van der Waals surface area contributed by atoms with Crippen LogP contribution in [0.15, 0.2) is 49.1 Å². The Kier molecular flexibility index (Phi) is 4.32. The molecule has 1 unspecified atom stereocenters. The van der Waals surface area contributed by atoms with Crippen molar-refractivity contribution in [2.24, 2.45) is 7.05 Å². The van der Waals surface area contributed by atoms with E-state index in [2.05, 4.69) is 21.5 Å². The molecule has 1 fully saturated rings. The van der Waals surface area contributed by atoms with Crippen LogP contribution in [0.4, 0.5) is 0 Å². The number of rotatable bonds is 3. The summed E-state index contributed by atoms with van der Waals surface area (Å²) >= 11 is 0. The fraction of sp³-hybridized carbons (Fsp3) is 0.350. The molecule has 1 atom stereocenters. The normalized spacial score (nSPS) is 17.5. The summed E-state index contributed by atoms with van der Waals surface area (Å²) < 4.78 is 4.16. The Balaban J connectivity index is 1.62. The molecule has 1 amide bonds. The number of aryl methyl sites for hydroxylation is 2. The van der Waals surface area contributed by atoms with E-state index in [1.54, 1.807) is 12.4 Å². The average Bonchev–Trinajstić information content (AvgIpc) is 3.27. The van der Waals surface area contributed by atoms with Gasteiger partial charge in [0.15, 0.2) is 0 Å². The van der Waals surface area contributed by atoms with Gasteiger partial charge in [-0.2, -0.15) is 0 Å². The Labute approximate surface area is 153 Å². The Morgan fingerprint density at radius 1 is 1.23 bits per heavy atom. The molecular formula is C20H23N5O. The lowest BCUT2D eigenvalue weighted by molar-refractivity contribution is 0.0669. The summed E-state index contributed by atoms with van der Waals surface area (Å²) in [4.78, 5) is 23.6. The van der Waals surface area contributed by atoms with E-state index in [0.717, 1.165) is 42.2 Å². The Morgan fingerprint density at radius 2 is 2.04 bits per heavy atom. The molecule has 1 aliphatic rings. The highest BCUT2D eigenvalue weighted by Crippen LogP contribution is 2.29. The third kappa shape index (κ3) is 2.92. The molecule has 0 saturated carbocycles. The molecule has 0 N–H and O–H groups in total. The summed E-state index contributed by atoms with van der Waals surface area (Å²) in [5, 5.41) is 0. The number of aromatic nitrogens is 4. The van der Waals surface area contributed by atoms with Crippen LogP contribution in [-0.4, -0.2) is 43.0 Å². The molecule has 0 spiro atoms. The molecule has 1 saturated heterocycles. The van der Waals surface area contributed by atoms with E-state index in [-0.39, 0.29) is 11.9 Å². The maximum Gasteiger partial charge on any atom is 0.270 e. The minimum absolute atomic E-state index is 0.102. The van der Waals surface area contributed by atoms with Crippen molar-refractivity contribution < 1.29 is 4.79 Å². The summed E-state index contributed by atoms with van der Waals surface area (Å²) in [5.74, 6) is 1.05. The van der Waals surface area contributed by atoms with Gasteiger partial charge in [0, 0.05) is 56.2 Å². The van der Waals surface area contributed by atoms with Crippen molar-refractivity contribution in [1.29, 1.82) is 0 Å². The van der Waals surface area contributed by atoms with Crippen molar-refractivity contribution in [3.8, 4) is 11.4 Å². The van der Waals surface area contributed by atoms with Crippen LogP contribution in [-0.2, 0) is 7.05 Å². The van der Waals surface area contributed by atoms with Gasteiger partial charge in [-0.1, -0.05) is 0 Å². The van der Waals surface area contributed by atoms with Gasteiger partial charge in [0.05, 0.1) is 6.04 Å². The van der Waals surface area contributed by atoms with E-state index in [1.807, 2.05) is 53.2 Å². The third-order valence-electron chi connectivity index (χ3n) is 5.13. The van der Waals surface area contributed by atoms with Crippen LogP contribution in [0, 0.1) is 6.92 Å². The Hall–Kier alpha value is -2.89. The summed E-state index contributed by atoms with van der Waals surface area (Å²) in [6.45, 7) is 3.59. The zero-order valence-electron chi connectivity index (χ0n) is 15.2. The van der Waals surface area contributed by atoms with Crippen LogP contribution in [0.3, 0.4) is 0 Å².